The monoisotopic (exact) mass is 420 g/mol. The molecule has 0 bridgehead atoms. The molecule has 1 aromatic rings. The van der Waals surface area contributed by atoms with E-state index in [2.05, 4.69) is 5.32 Å². The van der Waals surface area contributed by atoms with Crippen molar-refractivity contribution in [1.82, 2.24) is 10.6 Å². The lowest BCUT2D eigenvalue weighted by atomic mass is 9.94. The molecule has 1 aliphatic rings. The minimum absolute atomic E-state index is 0.0973. The van der Waals surface area contributed by atoms with Crippen molar-refractivity contribution >= 4 is 23.3 Å². The summed E-state index contributed by atoms with van der Waals surface area (Å²) >= 11 is 4.91. The van der Waals surface area contributed by atoms with Crippen molar-refractivity contribution < 1.29 is 36.9 Å². The van der Waals surface area contributed by atoms with Crippen molar-refractivity contribution in [2.45, 2.75) is 19.1 Å². The Hall–Kier alpha value is -2.69. The molecule has 0 fully saturated rings. The van der Waals surface area contributed by atoms with Gasteiger partial charge in [-0.3, -0.25) is 0 Å². The maximum Gasteiger partial charge on any atom is 0.431 e. The first-order valence-electron chi connectivity index (χ1n) is 8.03. The van der Waals surface area contributed by atoms with Gasteiger partial charge in [0.15, 0.2) is 16.6 Å². The van der Waals surface area contributed by atoms with Crippen LogP contribution in [0.2, 0.25) is 0 Å². The van der Waals surface area contributed by atoms with E-state index < -0.39 is 29.5 Å². The molecule has 1 atom stereocenters. The van der Waals surface area contributed by atoms with E-state index in [-0.39, 0.29) is 34.5 Å². The number of esters is 1. The standard InChI is InChI=1S/C17H19F3N2O5S/c1-5-27-15(23)11-12(21-16(28)22-14(11)17(18,19)20)8-6-9(24-2)13(26-4)10(7-8)25-3/h6-7,12H,5H2,1-4H3,(H2,21,22,28). The van der Waals surface area contributed by atoms with Gasteiger partial charge >= 0.3 is 12.1 Å². The van der Waals surface area contributed by atoms with Gasteiger partial charge in [0.2, 0.25) is 5.75 Å². The van der Waals surface area contributed by atoms with Gasteiger partial charge in [0.05, 0.1) is 39.6 Å². The molecule has 154 valence electrons. The number of allylic oxidation sites excluding steroid dienone is 1. The predicted molar refractivity (Wildman–Crippen MR) is 97.4 cm³/mol. The van der Waals surface area contributed by atoms with Crippen LogP contribution in [0.15, 0.2) is 23.4 Å². The Labute approximate surface area is 164 Å². The lowest BCUT2D eigenvalue weighted by Gasteiger charge is -2.32. The molecule has 28 heavy (non-hydrogen) atoms. The van der Waals surface area contributed by atoms with Crippen molar-refractivity contribution in [2.75, 3.05) is 27.9 Å². The van der Waals surface area contributed by atoms with Crippen LogP contribution in [0.3, 0.4) is 0 Å². The van der Waals surface area contributed by atoms with E-state index in [1.165, 1.54) is 40.4 Å². The molecule has 0 radical (unpaired) electrons. The molecule has 2 N–H and O–H groups in total. The van der Waals surface area contributed by atoms with E-state index in [4.69, 9.17) is 31.2 Å². The molecule has 2 rings (SSSR count). The van der Waals surface area contributed by atoms with Crippen molar-refractivity contribution in [1.29, 1.82) is 0 Å². The molecule has 11 heteroatoms. The highest BCUT2D eigenvalue weighted by Crippen LogP contribution is 2.43. The minimum Gasteiger partial charge on any atom is -0.493 e. The topological polar surface area (TPSA) is 78.1 Å². The Kier molecular flexibility index (Phi) is 6.60. The number of rotatable bonds is 6. The first-order valence-corrected chi connectivity index (χ1v) is 8.44. The molecule has 7 nitrogen and oxygen atoms in total. The van der Waals surface area contributed by atoms with Crippen LogP contribution < -0.4 is 24.8 Å². The average Bonchev–Trinajstić information content (AvgIpc) is 2.65. The van der Waals surface area contributed by atoms with Crippen LogP contribution in [-0.2, 0) is 9.53 Å². The summed E-state index contributed by atoms with van der Waals surface area (Å²) in [6.45, 7) is 1.40. The molecule has 0 saturated carbocycles. The summed E-state index contributed by atoms with van der Waals surface area (Å²) in [5.74, 6) is -0.459. The van der Waals surface area contributed by atoms with E-state index in [1.807, 2.05) is 5.32 Å². The number of hydrogen-bond donors (Lipinski definition) is 2. The number of benzene rings is 1. The normalized spacial score (nSPS) is 16.8. The number of halogens is 3. The second-order valence-electron chi connectivity index (χ2n) is 5.50. The summed E-state index contributed by atoms with van der Waals surface area (Å²) in [6.07, 6.45) is -4.85. The third-order valence-electron chi connectivity index (χ3n) is 3.87. The maximum absolute atomic E-state index is 13.6. The van der Waals surface area contributed by atoms with Gasteiger partial charge in [-0.05, 0) is 36.8 Å². The number of carbonyl (C=O) groups is 1. The number of nitrogens with one attached hydrogen (secondary N) is 2. The van der Waals surface area contributed by atoms with Crippen molar-refractivity contribution in [3.63, 3.8) is 0 Å². The Morgan fingerprint density at radius 1 is 1.14 bits per heavy atom. The Morgan fingerprint density at radius 2 is 1.71 bits per heavy atom. The van der Waals surface area contributed by atoms with Gasteiger partial charge in [-0.15, -0.1) is 0 Å². The minimum atomic E-state index is -4.85. The molecule has 0 aliphatic carbocycles. The molecule has 1 aromatic carbocycles. The molecule has 1 aliphatic heterocycles. The molecular formula is C17H19F3N2O5S. The van der Waals surface area contributed by atoms with E-state index in [9.17, 15) is 18.0 Å². The van der Waals surface area contributed by atoms with E-state index in [0.29, 0.717) is 0 Å². The number of ether oxygens (including phenoxy) is 4. The zero-order chi connectivity index (χ0) is 21.1. The van der Waals surface area contributed by atoms with E-state index in [0.717, 1.165) is 0 Å². The summed E-state index contributed by atoms with van der Waals surface area (Å²) in [4.78, 5) is 12.4. The SMILES string of the molecule is CCOC(=O)C1=C(C(F)(F)F)NC(=S)NC1c1cc(OC)c(OC)c(OC)c1. The predicted octanol–water partition coefficient (Wildman–Crippen LogP) is 2.61. The van der Waals surface area contributed by atoms with Crippen LogP contribution in [0.5, 0.6) is 17.2 Å². The smallest absolute Gasteiger partial charge is 0.431 e. The lowest BCUT2D eigenvalue weighted by molar-refractivity contribution is -0.140. The molecular weight excluding hydrogens is 401 g/mol. The second kappa shape index (κ2) is 8.55. The highest BCUT2D eigenvalue weighted by Gasteiger charge is 2.45. The van der Waals surface area contributed by atoms with Gasteiger partial charge in [-0.1, -0.05) is 0 Å². The third-order valence-corrected chi connectivity index (χ3v) is 4.09. The fourth-order valence-electron chi connectivity index (χ4n) is 2.73. The van der Waals surface area contributed by atoms with Crippen LogP contribution in [0, 0.1) is 0 Å². The highest BCUT2D eigenvalue weighted by atomic mass is 32.1. The van der Waals surface area contributed by atoms with Crippen LogP contribution in [0.4, 0.5) is 13.2 Å². The summed E-state index contributed by atoms with van der Waals surface area (Å²) in [5, 5.41) is 4.39. The Bertz CT molecular complexity index is 785. The van der Waals surface area contributed by atoms with Crippen LogP contribution in [-0.4, -0.2) is 45.2 Å². The number of thiocarbonyl (C=S) groups is 1. The molecule has 0 amide bonds. The number of hydrogen-bond acceptors (Lipinski definition) is 6. The molecule has 0 saturated heterocycles. The first-order chi connectivity index (χ1) is 13.2. The molecule has 1 heterocycles. The van der Waals surface area contributed by atoms with Gasteiger partial charge < -0.3 is 29.6 Å². The Balaban J connectivity index is 2.73. The molecule has 0 spiro atoms. The fourth-order valence-corrected chi connectivity index (χ4v) is 2.95. The number of alkyl halides is 3. The first kappa shape index (κ1) is 21.6. The highest BCUT2D eigenvalue weighted by molar-refractivity contribution is 7.80. The third kappa shape index (κ3) is 4.24. The maximum atomic E-state index is 13.6. The van der Waals surface area contributed by atoms with Gasteiger partial charge in [0.1, 0.15) is 5.70 Å². The summed E-state index contributed by atoms with van der Waals surface area (Å²) in [5.41, 5.74) is -1.70. The van der Waals surface area contributed by atoms with Crippen LogP contribution in [0.25, 0.3) is 0 Å². The molecule has 0 aromatic heterocycles. The average molecular weight is 420 g/mol. The van der Waals surface area contributed by atoms with Gasteiger partial charge in [0.25, 0.3) is 0 Å². The van der Waals surface area contributed by atoms with Gasteiger partial charge in [-0.2, -0.15) is 13.2 Å². The van der Waals surface area contributed by atoms with Crippen molar-refractivity contribution in [3.05, 3.63) is 29.0 Å². The van der Waals surface area contributed by atoms with Crippen LogP contribution in [0.1, 0.15) is 18.5 Å². The van der Waals surface area contributed by atoms with E-state index >= 15 is 0 Å². The van der Waals surface area contributed by atoms with E-state index in [1.54, 1.807) is 0 Å². The van der Waals surface area contributed by atoms with Gasteiger partial charge in [0, 0.05) is 0 Å². The zero-order valence-electron chi connectivity index (χ0n) is 15.5. The van der Waals surface area contributed by atoms with Crippen molar-refractivity contribution in [2.24, 2.45) is 0 Å². The second-order valence-corrected chi connectivity index (χ2v) is 5.91. The van der Waals surface area contributed by atoms with Crippen molar-refractivity contribution in [3.8, 4) is 17.2 Å². The molecule has 1 unspecified atom stereocenters. The summed E-state index contributed by atoms with van der Waals surface area (Å²) in [6, 6.07) is 1.61. The summed E-state index contributed by atoms with van der Waals surface area (Å²) in [7, 11) is 4.12. The lowest BCUT2D eigenvalue weighted by Crippen LogP contribution is -2.49. The van der Waals surface area contributed by atoms with Gasteiger partial charge in [-0.25, -0.2) is 4.79 Å². The summed E-state index contributed by atoms with van der Waals surface area (Å²) < 4.78 is 61.3. The Morgan fingerprint density at radius 3 is 2.14 bits per heavy atom. The fraction of sp³-hybridized carbons (Fsp3) is 0.412. The largest absolute Gasteiger partial charge is 0.493 e. The quantitative estimate of drug-likeness (QED) is 0.537. The zero-order valence-corrected chi connectivity index (χ0v) is 16.3. The number of methoxy groups -OCH3 is 3. The number of carbonyl (C=O) groups excluding carboxylic acids is 1. The van der Waals surface area contributed by atoms with Crippen LogP contribution >= 0.6 is 12.2 Å².